The minimum absolute atomic E-state index is 0.0113. The Morgan fingerprint density at radius 3 is 2.81 bits per heavy atom. The van der Waals surface area contributed by atoms with Gasteiger partial charge in [-0.15, -0.1) is 0 Å². The molecule has 1 aromatic heterocycles. The lowest BCUT2D eigenvalue weighted by molar-refractivity contribution is -0.129. The van der Waals surface area contributed by atoms with Gasteiger partial charge in [0.25, 0.3) is 0 Å². The zero-order valence-electron chi connectivity index (χ0n) is 11.4. The third kappa shape index (κ3) is 3.77. The first-order chi connectivity index (χ1) is 10.0. The molecule has 7 nitrogen and oxygen atoms in total. The first-order valence-corrected chi connectivity index (χ1v) is 8.15. The second-order valence-electron chi connectivity index (χ2n) is 4.70. The van der Waals surface area contributed by atoms with Crippen molar-refractivity contribution in [3.8, 4) is 6.07 Å². The van der Waals surface area contributed by atoms with E-state index >= 15 is 0 Å². The fourth-order valence-corrected chi connectivity index (χ4v) is 3.32. The molecule has 1 fully saturated rings. The molecule has 21 heavy (non-hydrogen) atoms. The van der Waals surface area contributed by atoms with Crippen LogP contribution in [0.4, 0.5) is 0 Å². The number of amides is 1. The molecule has 0 radical (unpaired) electrons. The Balaban J connectivity index is 1.95. The number of rotatable bonds is 5. The molecule has 112 valence electrons. The minimum Gasteiger partial charge on any atom is -0.343 e. The monoisotopic (exact) mass is 308 g/mol. The number of sulfonamides is 1. The second kappa shape index (κ2) is 6.65. The van der Waals surface area contributed by atoms with Crippen molar-refractivity contribution in [1.29, 1.82) is 5.26 Å². The average Bonchev–Trinajstić information content (AvgIpc) is 3.01. The van der Waals surface area contributed by atoms with Crippen LogP contribution in [-0.2, 0) is 14.8 Å². The summed E-state index contributed by atoms with van der Waals surface area (Å²) in [6.07, 6.45) is 3.47. The van der Waals surface area contributed by atoms with Crippen molar-refractivity contribution in [2.45, 2.75) is 24.2 Å². The highest BCUT2D eigenvalue weighted by Gasteiger charge is 2.21. The summed E-state index contributed by atoms with van der Waals surface area (Å²) in [5, 5.41) is 8.87. The molecular formula is C13H16N4O3S. The molecular weight excluding hydrogens is 292 g/mol. The zero-order chi connectivity index (χ0) is 15.3. The summed E-state index contributed by atoms with van der Waals surface area (Å²) in [5.41, 5.74) is -0.157. The number of carbonyl (C=O) groups excluding carboxylic acids is 1. The third-order valence-corrected chi connectivity index (χ3v) is 4.75. The van der Waals surface area contributed by atoms with Crippen molar-refractivity contribution in [3.05, 3.63) is 24.0 Å². The summed E-state index contributed by atoms with van der Waals surface area (Å²) in [7, 11) is -3.83. The highest BCUT2D eigenvalue weighted by molar-refractivity contribution is 7.89. The number of pyridine rings is 1. The van der Waals surface area contributed by atoms with Crippen molar-refractivity contribution in [3.63, 3.8) is 0 Å². The highest BCUT2D eigenvalue weighted by Crippen LogP contribution is 2.12. The Hall–Kier alpha value is -1.98. The molecule has 1 aromatic rings. The average molecular weight is 308 g/mol. The summed E-state index contributed by atoms with van der Waals surface area (Å²) < 4.78 is 26.5. The van der Waals surface area contributed by atoms with Gasteiger partial charge in [0.2, 0.25) is 15.9 Å². The Labute approximate surface area is 123 Å². The van der Waals surface area contributed by atoms with Gasteiger partial charge in [0.1, 0.15) is 11.0 Å². The van der Waals surface area contributed by atoms with Gasteiger partial charge in [0, 0.05) is 32.3 Å². The molecule has 0 aliphatic carbocycles. The molecule has 0 saturated carbocycles. The van der Waals surface area contributed by atoms with Gasteiger partial charge < -0.3 is 4.90 Å². The lowest BCUT2D eigenvalue weighted by Gasteiger charge is -2.15. The molecule has 1 amide bonds. The first kappa shape index (κ1) is 15.4. The normalized spacial score (nSPS) is 14.9. The van der Waals surface area contributed by atoms with Crippen LogP contribution in [-0.4, -0.2) is 43.8 Å². The van der Waals surface area contributed by atoms with E-state index in [1.807, 2.05) is 0 Å². The fourth-order valence-electron chi connectivity index (χ4n) is 2.19. The molecule has 1 saturated heterocycles. The van der Waals surface area contributed by atoms with Crippen molar-refractivity contribution >= 4 is 15.9 Å². The molecule has 1 aliphatic heterocycles. The maximum atomic E-state index is 12.1. The van der Waals surface area contributed by atoms with Crippen molar-refractivity contribution < 1.29 is 13.2 Å². The van der Waals surface area contributed by atoms with E-state index < -0.39 is 10.0 Å². The van der Waals surface area contributed by atoms with Crippen molar-refractivity contribution in [1.82, 2.24) is 14.6 Å². The van der Waals surface area contributed by atoms with Crippen molar-refractivity contribution in [2.24, 2.45) is 0 Å². The summed E-state index contributed by atoms with van der Waals surface area (Å²) in [6.45, 7) is 1.50. The standard InChI is InChI=1S/C13H16N4O3S/c14-10-11-12(4-3-6-15-11)21(19,20)16-7-5-13(18)17-8-1-2-9-17/h3-4,6,16H,1-2,5,7-9H2. The third-order valence-electron chi connectivity index (χ3n) is 3.26. The largest absolute Gasteiger partial charge is 0.343 e. The molecule has 2 rings (SSSR count). The number of aromatic nitrogens is 1. The van der Waals surface area contributed by atoms with Crippen LogP contribution in [0.3, 0.4) is 0 Å². The van der Waals surface area contributed by atoms with Gasteiger partial charge in [-0.2, -0.15) is 5.26 Å². The van der Waals surface area contributed by atoms with E-state index in [2.05, 4.69) is 9.71 Å². The lowest BCUT2D eigenvalue weighted by Crippen LogP contribution is -2.33. The molecule has 8 heteroatoms. The quantitative estimate of drug-likeness (QED) is 0.839. The first-order valence-electron chi connectivity index (χ1n) is 6.67. The number of carbonyl (C=O) groups is 1. The van der Waals surface area contributed by atoms with Crippen LogP contribution in [0.15, 0.2) is 23.2 Å². The number of hydrogen-bond acceptors (Lipinski definition) is 5. The van der Waals surface area contributed by atoms with Crippen molar-refractivity contribution in [2.75, 3.05) is 19.6 Å². The van der Waals surface area contributed by atoms with E-state index in [1.165, 1.54) is 18.3 Å². The van der Waals surface area contributed by atoms with Gasteiger partial charge in [-0.1, -0.05) is 0 Å². The lowest BCUT2D eigenvalue weighted by atomic mass is 10.4. The maximum absolute atomic E-state index is 12.1. The van der Waals surface area contributed by atoms with Crippen LogP contribution in [0.25, 0.3) is 0 Å². The Morgan fingerprint density at radius 2 is 2.14 bits per heavy atom. The van der Waals surface area contributed by atoms with Crippen LogP contribution >= 0.6 is 0 Å². The minimum atomic E-state index is -3.83. The number of nitrogens with zero attached hydrogens (tertiary/aromatic N) is 3. The van der Waals surface area contributed by atoms with Crippen LogP contribution in [0.5, 0.6) is 0 Å². The Morgan fingerprint density at radius 1 is 1.43 bits per heavy atom. The number of nitrogens with one attached hydrogen (secondary N) is 1. The maximum Gasteiger partial charge on any atom is 0.243 e. The molecule has 0 bridgehead atoms. The fraction of sp³-hybridized carbons (Fsp3) is 0.462. The van der Waals surface area contributed by atoms with Gasteiger partial charge in [0.05, 0.1) is 0 Å². The Bertz CT molecular complexity index is 660. The van der Waals surface area contributed by atoms with E-state index in [9.17, 15) is 13.2 Å². The molecule has 0 aromatic carbocycles. The summed E-state index contributed by atoms with van der Waals surface area (Å²) in [4.78, 5) is 17.1. The molecule has 0 spiro atoms. The summed E-state index contributed by atoms with van der Waals surface area (Å²) in [6, 6.07) is 4.51. The summed E-state index contributed by atoms with van der Waals surface area (Å²) >= 11 is 0. The highest BCUT2D eigenvalue weighted by atomic mass is 32.2. The second-order valence-corrected chi connectivity index (χ2v) is 6.43. The van der Waals surface area contributed by atoms with E-state index in [-0.39, 0.29) is 29.5 Å². The molecule has 1 N–H and O–H groups in total. The zero-order valence-corrected chi connectivity index (χ0v) is 12.3. The van der Waals surface area contributed by atoms with Crippen LogP contribution in [0.1, 0.15) is 25.0 Å². The van der Waals surface area contributed by atoms with E-state index in [0.29, 0.717) is 0 Å². The predicted octanol–water partition coefficient (Wildman–Crippen LogP) is 0.244. The van der Waals surface area contributed by atoms with Crippen LogP contribution < -0.4 is 4.72 Å². The van der Waals surface area contributed by atoms with E-state index in [0.717, 1.165) is 25.9 Å². The predicted molar refractivity (Wildman–Crippen MR) is 74.6 cm³/mol. The van der Waals surface area contributed by atoms with Gasteiger partial charge in [0.15, 0.2) is 5.69 Å². The van der Waals surface area contributed by atoms with Crippen LogP contribution in [0.2, 0.25) is 0 Å². The number of nitriles is 1. The molecule has 1 aliphatic rings. The Kier molecular flexibility index (Phi) is 4.88. The summed E-state index contributed by atoms with van der Waals surface area (Å²) in [5.74, 6) is -0.0538. The van der Waals surface area contributed by atoms with Gasteiger partial charge in [-0.05, 0) is 25.0 Å². The van der Waals surface area contributed by atoms with Gasteiger partial charge in [-0.3, -0.25) is 4.79 Å². The van der Waals surface area contributed by atoms with E-state index in [4.69, 9.17) is 5.26 Å². The molecule has 2 heterocycles. The SMILES string of the molecule is N#Cc1ncccc1S(=O)(=O)NCCC(=O)N1CCCC1. The topological polar surface area (TPSA) is 103 Å². The number of hydrogen-bond donors (Lipinski definition) is 1. The number of likely N-dealkylation sites (tertiary alicyclic amines) is 1. The molecule has 0 unspecified atom stereocenters. The van der Waals surface area contributed by atoms with Gasteiger partial charge >= 0.3 is 0 Å². The van der Waals surface area contributed by atoms with Crippen LogP contribution in [0, 0.1) is 11.3 Å². The smallest absolute Gasteiger partial charge is 0.243 e. The van der Waals surface area contributed by atoms with Gasteiger partial charge in [-0.25, -0.2) is 18.1 Å². The molecule has 0 atom stereocenters. The van der Waals surface area contributed by atoms with E-state index in [1.54, 1.807) is 11.0 Å².